The maximum absolute atomic E-state index is 11.2. The predicted molar refractivity (Wildman–Crippen MR) is 81.3 cm³/mol. The van der Waals surface area contributed by atoms with Gasteiger partial charge in [0.15, 0.2) is 0 Å². The molecule has 0 atom stereocenters. The van der Waals surface area contributed by atoms with Crippen LogP contribution in [-0.4, -0.2) is 17.7 Å². The van der Waals surface area contributed by atoms with Crippen molar-refractivity contribution in [2.45, 2.75) is 20.8 Å². The maximum Gasteiger partial charge on any atom is 0.330 e. The van der Waals surface area contributed by atoms with Crippen LogP contribution in [0.4, 0.5) is 0 Å². The van der Waals surface area contributed by atoms with E-state index in [-0.39, 0.29) is 11.7 Å². The highest BCUT2D eigenvalue weighted by Crippen LogP contribution is 2.17. The third-order valence-corrected chi connectivity index (χ3v) is 2.66. The van der Waals surface area contributed by atoms with E-state index in [2.05, 4.69) is 0 Å². The molecule has 0 aliphatic heterocycles. The van der Waals surface area contributed by atoms with Gasteiger partial charge in [0.1, 0.15) is 5.75 Å². The van der Waals surface area contributed by atoms with Crippen LogP contribution in [0.2, 0.25) is 0 Å². The van der Waals surface area contributed by atoms with Crippen molar-refractivity contribution in [3.05, 3.63) is 59.7 Å². The van der Waals surface area contributed by atoms with Crippen LogP contribution >= 0.6 is 0 Å². The van der Waals surface area contributed by atoms with E-state index in [4.69, 9.17) is 4.74 Å². The zero-order valence-corrected chi connectivity index (χ0v) is 12.1. The van der Waals surface area contributed by atoms with E-state index < -0.39 is 0 Å². The minimum atomic E-state index is -0.325. The number of carbonyl (C=O) groups excluding carboxylic acids is 1. The van der Waals surface area contributed by atoms with E-state index in [0.717, 1.165) is 16.7 Å². The molecule has 0 aromatic heterocycles. The molecule has 0 fully saturated rings. The fraction of sp³-hybridized carbons (Fsp3) is 0.235. The average molecular weight is 272 g/mol. The summed E-state index contributed by atoms with van der Waals surface area (Å²) in [6, 6.07) is 7.03. The second-order valence-electron chi connectivity index (χ2n) is 4.40. The van der Waals surface area contributed by atoms with Gasteiger partial charge in [0.2, 0.25) is 0 Å². The fourth-order valence-corrected chi connectivity index (χ4v) is 1.58. The van der Waals surface area contributed by atoms with Crippen LogP contribution in [0.25, 0.3) is 5.57 Å². The molecule has 1 rings (SSSR count). The number of phenols is 1. The lowest BCUT2D eigenvalue weighted by atomic mass is 10.1. The molecule has 106 valence electrons. The SMILES string of the molecule is CCOC(=O)/C=C(C)/C=C/C=C(/C)c1ccc(O)cc1. The second-order valence-corrected chi connectivity index (χ2v) is 4.40. The van der Waals surface area contributed by atoms with E-state index in [1.54, 1.807) is 19.1 Å². The lowest BCUT2D eigenvalue weighted by Crippen LogP contribution is -1.99. The van der Waals surface area contributed by atoms with Gasteiger partial charge in [-0.15, -0.1) is 0 Å². The number of ether oxygens (including phenoxy) is 1. The largest absolute Gasteiger partial charge is 0.508 e. The summed E-state index contributed by atoms with van der Waals surface area (Å²) in [7, 11) is 0. The molecule has 0 aliphatic rings. The molecule has 3 nitrogen and oxygen atoms in total. The van der Waals surface area contributed by atoms with Gasteiger partial charge >= 0.3 is 5.97 Å². The normalized spacial score (nSPS) is 12.8. The summed E-state index contributed by atoms with van der Waals surface area (Å²) in [6.07, 6.45) is 7.15. The second kappa shape index (κ2) is 8.00. The quantitative estimate of drug-likeness (QED) is 0.503. The highest BCUT2D eigenvalue weighted by atomic mass is 16.5. The van der Waals surface area contributed by atoms with Crippen LogP contribution in [0.5, 0.6) is 5.75 Å². The van der Waals surface area contributed by atoms with Crippen molar-refractivity contribution >= 4 is 11.5 Å². The third-order valence-electron chi connectivity index (χ3n) is 2.66. The zero-order chi connectivity index (χ0) is 15.0. The van der Waals surface area contributed by atoms with Gasteiger partial charge in [-0.25, -0.2) is 4.79 Å². The molecule has 0 radical (unpaired) electrons. The highest BCUT2D eigenvalue weighted by Gasteiger charge is 1.96. The Balaban J connectivity index is 2.68. The summed E-state index contributed by atoms with van der Waals surface area (Å²) in [5.41, 5.74) is 2.95. The summed E-state index contributed by atoms with van der Waals surface area (Å²) in [6.45, 7) is 5.99. The van der Waals surface area contributed by atoms with E-state index in [9.17, 15) is 9.90 Å². The van der Waals surface area contributed by atoms with Crippen LogP contribution in [0.15, 0.2) is 54.1 Å². The molecule has 3 heteroatoms. The Bertz CT molecular complexity index is 534. The Morgan fingerprint density at radius 3 is 2.50 bits per heavy atom. The topological polar surface area (TPSA) is 46.5 Å². The monoisotopic (exact) mass is 272 g/mol. The first-order chi connectivity index (χ1) is 9.52. The number of esters is 1. The van der Waals surface area contributed by atoms with Crippen LogP contribution in [-0.2, 0) is 9.53 Å². The molecular weight excluding hydrogens is 252 g/mol. The molecular formula is C17H20O3. The van der Waals surface area contributed by atoms with Gasteiger partial charge in [0, 0.05) is 6.08 Å². The molecule has 0 aliphatic carbocycles. The molecule has 0 bridgehead atoms. The Labute approximate surface area is 119 Å². The standard InChI is InChI=1S/C17H20O3/c1-4-20-17(19)12-13(2)6-5-7-14(3)15-8-10-16(18)11-9-15/h5-12,18H,4H2,1-3H3/b6-5+,13-12+,14-7-. The lowest BCUT2D eigenvalue weighted by Gasteiger charge is -2.00. The third kappa shape index (κ3) is 5.57. The lowest BCUT2D eigenvalue weighted by molar-refractivity contribution is -0.137. The molecule has 1 aromatic rings. The summed E-state index contributed by atoms with van der Waals surface area (Å²) >= 11 is 0. The molecule has 0 saturated heterocycles. The number of allylic oxidation sites excluding steroid dienone is 5. The van der Waals surface area contributed by atoms with Crippen molar-refractivity contribution in [1.82, 2.24) is 0 Å². The van der Waals surface area contributed by atoms with E-state index in [1.165, 1.54) is 6.08 Å². The average Bonchev–Trinajstić information content (AvgIpc) is 2.39. The molecule has 0 saturated carbocycles. The number of benzene rings is 1. The molecule has 1 aromatic carbocycles. The number of carbonyl (C=O) groups is 1. The van der Waals surface area contributed by atoms with E-state index >= 15 is 0 Å². The number of phenolic OH excluding ortho intramolecular Hbond substituents is 1. The zero-order valence-electron chi connectivity index (χ0n) is 12.1. The van der Waals surface area contributed by atoms with Gasteiger partial charge in [-0.1, -0.05) is 30.4 Å². The fourth-order valence-electron chi connectivity index (χ4n) is 1.58. The first-order valence-corrected chi connectivity index (χ1v) is 6.52. The number of hydrogen-bond donors (Lipinski definition) is 1. The van der Waals surface area contributed by atoms with Crippen LogP contribution in [0, 0.1) is 0 Å². The Kier molecular flexibility index (Phi) is 6.30. The Morgan fingerprint density at radius 2 is 1.90 bits per heavy atom. The summed E-state index contributed by atoms with van der Waals surface area (Å²) in [5, 5.41) is 9.23. The smallest absolute Gasteiger partial charge is 0.330 e. The van der Waals surface area contributed by atoms with Crippen molar-refractivity contribution in [3.63, 3.8) is 0 Å². The van der Waals surface area contributed by atoms with Gasteiger partial charge in [-0.05, 0) is 49.6 Å². The molecule has 0 spiro atoms. The van der Waals surface area contributed by atoms with Crippen molar-refractivity contribution in [2.75, 3.05) is 6.61 Å². The molecule has 0 amide bonds. The van der Waals surface area contributed by atoms with Crippen molar-refractivity contribution < 1.29 is 14.6 Å². The maximum atomic E-state index is 11.2. The van der Waals surface area contributed by atoms with Crippen LogP contribution < -0.4 is 0 Å². The first-order valence-electron chi connectivity index (χ1n) is 6.52. The number of hydrogen-bond acceptors (Lipinski definition) is 3. The van der Waals surface area contributed by atoms with Crippen molar-refractivity contribution in [1.29, 1.82) is 0 Å². The summed E-state index contributed by atoms with van der Waals surface area (Å²) in [4.78, 5) is 11.2. The summed E-state index contributed by atoms with van der Waals surface area (Å²) < 4.78 is 4.83. The Hall–Kier alpha value is -2.29. The molecule has 0 heterocycles. The minimum Gasteiger partial charge on any atom is -0.508 e. The minimum absolute atomic E-state index is 0.255. The van der Waals surface area contributed by atoms with Crippen molar-refractivity contribution in [3.8, 4) is 5.75 Å². The Morgan fingerprint density at radius 1 is 1.25 bits per heavy atom. The number of aromatic hydroxyl groups is 1. The number of rotatable bonds is 5. The molecule has 1 N–H and O–H groups in total. The predicted octanol–water partition coefficient (Wildman–Crippen LogP) is 3.86. The van der Waals surface area contributed by atoms with Gasteiger partial charge < -0.3 is 9.84 Å². The van der Waals surface area contributed by atoms with E-state index in [0.29, 0.717) is 6.61 Å². The van der Waals surface area contributed by atoms with Gasteiger partial charge in [0.05, 0.1) is 6.61 Å². The van der Waals surface area contributed by atoms with Gasteiger partial charge in [0.25, 0.3) is 0 Å². The molecule has 20 heavy (non-hydrogen) atoms. The van der Waals surface area contributed by atoms with E-state index in [1.807, 2.05) is 44.2 Å². The highest BCUT2D eigenvalue weighted by molar-refractivity contribution is 5.83. The van der Waals surface area contributed by atoms with Gasteiger partial charge in [-0.2, -0.15) is 0 Å². The van der Waals surface area contributed by atoms with Gasteiger partial charge in [-0.3, -0.25) is 0 Å². The van der Waals surface area contributed by atoms with Crippen molar-refractivity contribution in [2.24, 2.45) is 0 Å². The summed E-state index contributed by atoms with van der Waals surface area (Å²) in [5.74, 6) is -0.0702. The molecule has 0 unspecified atom stereocenters. The van der Waals surface area contributed by atoms with Crippen LogP contribution in [0.1, 0.15) is 26.3 Å². The van der Waals surface area contributed by atoms with Crippen LogP contribution in [0.3, 0.4) is 0 Å². The first kappa shape index (κ1) is 15.8.